The molecule has 11 nitrogen and oxygen atoms in total. The number of nitrogens with zero attached hydrogens (tertiary/aromatic N) is 4. The van der Waals surface area contributed by atoms with Crippen LogP contribution in [0.1, 0.15) is 24.4 Å². The molecule has 192 valence electrons. The van der Waals surface area contributed by atoms with Crippen molar-refractivity contribution in [2.75, 3.05) is 13.7 Å². The van der Waals surface area contributed by atoms with Crippen LogP contribution >= 0.6 is 0 Å². The Morgan fingerprint density at radius 3 is 2.68 bits per heavy atom. The molecule has 3 aliphatic rings. The minimum absolute atomic E-state index is 0.0378. The molecule has 3 aromatic rings. The molecule has 4 heterocycles. The first-order valence-electron chi connectivity index (χ1n) is 12.4. The van der Waals surface area contributed by atoms with Crippen LogP contribution in [0.2, 0.25) is 0 Å². The Kier molecular flexibility index (Phi) is 5.68. The second-order valence-corrected chi connectivity index (χ2v) is 9.80. The van der Waals surface area contributed by atoms with Gasteiger partial charge in [0.2, 0.25) is 17.7 Å². The van der Waals surface area contributed by atoms with E-state index >= 15 is 0 Å². The summed E-state index contributed by atoms with van der Waals surface area (Å²) in [6.07, 6.45) is 0.604. The van der Waals surface area contributed by atoms with Crippen LogP contribution in [0.4, 0.5) is 0 Å². The van der Waals surface area contributed by atoms with Crippen LogP contribution in [-0.4, -0.2) is 74.1 Å². The van der Waals surface area contributed by atoms with Gasteiger partial charge in [-0.15, -0.1) is 5.10 Å². The number of benzene rings is 2. The van der Waals surface area contributed by atoms with E-state index in [9.17, 15) is 19.5 Å². The Labute approximate surface area is 212 Å². The van der Waals surface area contributed by atoms with Crippen molar-refractivity contribution in [3.05, 3.63) is 60.2 Å². The molecule has 3 fully saturated rings. The highest BCUT2D eigenvalue weighted by Crippen LogP contribution is 2.59. The third-order valence-corrected chi connectivity index (χ3v) is 8.05. The number of aliphatic hydroxyl groups is 1. The summed E-state index contributed by atoms with van der Waals surface area (Å²) in [6.45, 7) is -0.347. The van der Waals surface area contributed by atoms with Crippen LogP contribution in [0.15, 0.2) is 54.6 Å². The summed E-state index contributed by atoms with van der Waals surface area (Å²) in [4.78, 5) is 42.3. The van der Waals surface area contributed by atoms with Gasteiger partial charge < -0.3 is 25.4 Å². The summed E-state index contributed by atoms with van der Waals surface area (Å²) in [6, 6.07) is 14.7. The minimum Gasteiger partial charge on any atom is -0.394 e. The van der Waals surface area contributed by atoms with Crippen molar-refractivity contribution in [1.29, 1.82) is 0 Å². The summed E-state index contributed by atoms with van der Waals surface area (Å²) in [5, 5.41) is 24.3. The predicted octanol–water partition coefficient (Wildman–Crippen LogP) is 0.359. The number of aromatic nitrogens is 3. The quantitative estimate of drug-likeness (QED) is 0.422. The van der Waals surface area contributed by atoms with Crippen LogP contribution in [-0.2, 0) is 25.8 Å². The zero-order valence-corrected chi connectivity index (χ0v) is 20.3. The van der Waals surface area contributed by atoms with Gasteiger partial charge in [-0.1, -0.05) is 47.7 Å². The van der Waals surface area contributed by atoms with Gasteiger partial charge in [0, 0.05) is 7.05 Å². The van der Waals surface area contributed by atoms with E-state index in [2.05, 4.69) is 20.9 Å². The van der Waals surface area contributed by atoms with Gasteiger partial charge >= 0.3 is 0 Å². The average molecular weight is 505 g/mol. The zero-order valence-electron chi connectivity index (χ0n) is 20.3. The third-order valence-electron chi connectivity index (χ3n) is 8.05. The van der Waals surface area contributed by atoms with Crippen LogP contribution in [0.3, 0.4) is 0 Å². The Bertz CT molecular complexity index is 1360. The van der Waals surface area contributed by atoms with Crippen molar-refractivity contribution in [2.24, 2.45) is 11.8 Å². The van der Waals surface area contributed by atoms with E-state index in [0.29, 0.717) is 23.9 Å². The summed E-state index contributed by atoms with van der Waals surface area (Å²) in [7, 11) is 1.53. The molecular weight excluding hydrogens is 476 g/mol. The first kappa shape index (κ1) is 23.6. The molecule has 2 bridgehead atoms. The number of fused-ring (bicyclic) bond motifs is 2. The zero-order chi connectivity index (χ0) is 25.7. The molecule has 0 radical (unpaired) electrons. The van der Waals surface area contributed by atoms with Gasteiger partial charge in [0.1, 0.15) is 23.8 Å². The number of carbonyl (C=O) groups excluding carboxylic acids is 3. The summed E-state index contributed by atoms with van der Waals surface area (Å²) >= 11 is 0. The first-order valence-corrected chi connectivity index (χ1v) is 12.4. The van der Waals surface area contributed by atoms with Gasteiger partial charge in [0.25, 0.3) is 0 Å². The molecule has 3 saturated heterocycles. The first-order chi connectivity index (χ1) is 18.0. The molecule has 2 unspecified atom stereocenters. The fraction of sp³-hybridized carbons (Fsp3) is 0.423. The van der Waals surface area contributed by atoms with Crippen molar-refractivity contribution in [3.63, 3.8) is 0 Å². The maximum atomic E-state index is 14.0. The number of hydrogen-bond donors (Lipinski definition) is 3. The van der Waals surface area contributed by atoms with Crippen molar-refractivity contribution in [3.8, 4) is 0 Å². The Morgan fingerprint density at radius 1 is 1.16 bits per heavy atom. The number of aliphatic hydroxyl groups excluding tert-OH is 1. The van der Waals surface area contributed by atoms with Crippen molar-refractivity contribution in [1.82, 2.24) is 30.5 Å². The van der Waals surface area contributed by atoms with Crippen molar-refractivity contribution in [2.45, 2.75) is 43.3 Å². The number of ether oxygens (including phenoxy) is 1. The number of para-hydroxylation sites is 1. The summed E-state index contributed by atoms with van der Waals surface area (Å²) in [5.74, 6) is -2.57. The Balaban J connectivity index is 1.38. The normalized spacial score (nSPS) is 28.9. The van der Waals surface area contributed by atoms with E-state index in [4.69, 9.17) is 4.74 Å². The molecule has 1 spiro atoms. The van der Waals surface area contributed by atoms with Crippen molar-refractivity contribution >= 4 is 28.8 Å². The van der Waals surface area contributed by atoms with E-state index < -0.39 is 41.5 Å². The largest absolute Gasteiger partial charge is 0.394 e. The fourth-order valence-corrected chi connectivity index (χ4v) is 6.51. The van der Waals surface area contributed by atoms with E-state index in [1.165, 1.54) is 11.9 Å². The number of carbonyl (C=O) groups is 3. The van der Waals surface area contributed by atoms with Crippen molar-refractivity contribution < 1.29 is 24.2 Å². The molecule has 37 heavy (non-hydrogen) atoms. The second kappa shape index (κ2) is 8.93. The monoisotopic (exact) mass is 504 g/mol. The lowest BCUT2D eigenvalue weighted by atomic mass is 9.70. The lowest BCUT2D eigenvalue weighted by molar-refractivity contribution is -0.146. The number of hydrogen-bond acceptors (Lipinski definition) is 7. The number of likely N-dealkylation sites (tertiary alicyclic amines) is 1. The topological polar surface area (TPSA) is 139 Å². The van der Waals surface area contributed by atoms with Gasteiger partial charge in [0.15, 0.2) is 0 Å². The molecule has 1 aromatic heterocycles. The van der Waals surface area contributed by atoms with Crippen LogP contribution in [0.25, 0.3) is 11.0 Å². The molecule has 3 aliphatic heterocycles. The van der Waals surface area contributed by atoms with Crippen LogP contribution < -0.4 is 10.6 Å². The van der Waals surface area contributed by atoms with Crippen LogP contribution in [0.5, 0.6) is 0 Å². The van der Waals surface area contributed by atoms with Gasteiger partial charge in [-0.2, -0.15) is 0 Å². The molecule has 6 rings (SSSR count). The maximum absolute atomic E-state index is 14.0. The molecule has 3 amide bonds. The predicted molar refractivity (Wildman–Crippen MR) is 130 cm³/mol. The Hall–Kier alpha value is -3.83. The highest BCUT2D eigenvalue weighted by Gasteiger charge is 2.75. The number of rotatable bonds is 7. The van der Waals surface area contributed by atoms with E-state index in [1.807, 2.05) is 54.6 Å². The molecule has 11 heteroatoms. The van der Waals surface area contributed by atoms with E-state index in [0.717, 1.165) is 5.52 Å². The lowest BCUT2D eigenvalue weighted by Crippen LogP contribution is -2.56. The molecular formula is C26H28N6O5. The maximum Gasteiger partial charge on any atom is 0.247 e. The highest BCUT2D eigenvalue weighted by molar-refractivity contribution is 5.99. The van der Waals surface area contributed by atoms with E-state index in [-0.39, 0.29) is 25.1 Å². The molecule has 2 aromatic carbocycles. The lowest BCUT2D eigenvalue weighted by Gasteiger charge is -2.36. The molecule has 3 N–H and O–H groups in total. The molecule has 0 aliphatic carbocycles. The van der Waals surface area contributed by atoms with Gasteiger partial charge in [-0.3, -0.25) is 14.4 Å². The summed E-state index contributed by atoms with van der Waals surface area (Å²) < 4.78 is 7.97. The fourth-order valence-electron chi connectivity index (χ4n) is 6.51. The smallest absolute Gasteiger partial charge is 0.247 e. The second-order valence-electron chi connectivity index (χ2n) is 9.80. The Morgan fingerprint density at radius 2 is 1.92 bits per heavy atom. The van der Waals surface area contributed by atoms with E-state index in [1.54, 1.807) is 4.68 Å². The average Bonchev–Trinajstić information content (AvgIpc) is 3.68. The minimum atomic E-state index is -1.16. The highest BCUT2D eigenvalue weighted by atomic mass is 16.5. The molecule has 6 atom stereocenters. The molecule has 0 saturated carbocycles. The van der Waals surface area contributed by atoms with Gasteiger partial charge in [-0.25, -0.2) is 4.68 Å². The summed E-state index contributed by atoms with van der Waals surface area (Å²) in [5.41, 5.74) is 0.994. The number of amides is 3. The van der Waals surface area contributed by atoms with Gasteiger partial charge in [-0.05, 0) is 30.5 Å². The van der Waals surface area contributed by atoms with Gasteiger partial charge in [0.05, 0.1) is 36.1 Å². The van der Waals surface area contributed by atoms with Crippen LogP contribution in [0, 0.1) is 11.8 Å². The SMILES string of the molecule is CNC(=O)[C@@H]1[C@H]2C(=O)N([C@H](CO)c3ccccc3)C(C(=O)NCn3nnc4ccccc43)C23CC[C@H]1O3. The number of nitrogens with one attached hydrogen (secondary N) is 2. The standard InChI is InChI=1S/C26H28N6O5/c1-27-23(34)20-19-11-12-26(37-19)21(20)25(36)32(18(13-33)15-7-3-2-4-8-15)22(26)24(35)28-14-31-17-10-6-5-9-16(17)29-30-31/h2-10,18-22,33H,11-14H2,1H3,(H,27,34)(H,28,35)/t18-,19-,20+,21+,22?,26?/m1/s1. The third kappa shape index (κ3) is 3.45.